The number of Topliss-reactive ketones (excluding diaryl/α,β-unsaturated/α-hetero) is 1. The molecule has 0 atom stereocenters. The fourth-order valence-corrected chi connectivity index (χ4v) is 2.25. The first-order valence-corrected chi connectivity index (χ1v) is 5.94. The first-order chi connectivity index (χ1) is 8.22. The highest BCUT2D eigenvalue weighted by atomic mass is 16.5. The van der Waals surface area contributed by atoms with E-state index in [9.17, 15) is 9.59 Å². The van der Waals surface area contributed by atoms with E-state index in [4.69, 9.17) is 4.42 Å². The number of carbonyl (C=O) groups is 2. The number of methoxy groups -OCH3 is 1. The Morgan fingerprint density at radius 3 is 2.47 bits per heavy atom. The molecule has 0 radical (unpaired) electrons. The number of rotatable bonds is 3. The van der Waals surface area contributed by atoms with Gasteiger partial charge < -0.3 is 9.15 Å². The molecule has 1 fully saturated rings. The maximum absolute atomic E-state index is 12.1. The minimum Gasteiger partial charge on any atom is -0.463 e. The number of carbonyl (C=O) groups excluding carboxylic acids is 2. The van der Waals surface area contributed by atoms with E-state index in [1.54, 1.807) is 6.07 Å². The van der Waals surface area contributed by atoms with Gasteiger partial charge in [0.1, 0.15) is 0 Å². The van der Waals surface area contributed by atoms with E-state index in [2.05, 4.69) is 4.74 Å². The summed E-state index contributed by atoms with van der Waals surface area (Å²) in [4.78, 5) is 23.3. The van der Waals surface area contributed by atoms with Gasteiger partial charge in [-0.05, 0) is 25.0 Å². The molecule has 0 bridgehead atoms. The Balaban J connectivity index is 2.08. The molecule has 1 aromatic heterocycles. The van der Waals surface area contributed by atoms with Gasteiger partial charge in [0.25, 0.3) is 0 Å². The molecule has 0 N–H and O–H groups in total. The second-order valence-corrected chi connectivity index (χ2v) is 4.35. The average molecular weight is 236 g/mol. The summed E-state index contributed by atoms with van der Waals surface area (Å²) in [5.41, 5.74) is 0. The Hall–Kier alpha value is -1.58. The van der Waals surface area contributed by atoms with Gasteiger partial charge in [0.15, 0.2) is 5.76 Å². The third kappa shape index (κ3) is 2.57. The van der Waals surface area contributed by atoms with Gasteiger partial charge in [-0.25, -0.2) is 4.79 Å². The van der Waals surface area contributed by atoms with E-state index in [1.807, 2.05) is 0 Å². The summed E-state index contributed by atoms with van der Waals surface area (Å²) < 4.78 is 9.76. The van der Waals surface area contributed by atoms with Gasteiger partial charge in [-0.1, -0.05) is 19.3 Å². The van der Waals surface area contributed by atoms with Crippen LogP contribution in [0.15, 0.2) is 16.5 Å². The summed E-state index contributed by atoms with van der Waals surface area (Å²) >= 11 is 0. The van der Waals surface area contributed by atoms with Crippen LogP contribution in [0.2, 0.25) is 0 Å². The van der Waals surface area contributed by atoms with E-state index >= 15 is 0 Å². The maximum atomic E-state index is 12.1. The molecule has 0 amide bonds. The second-order valence-electron chi connectivity index (χ2n) is 4.35. The van der Waals surface area contributed by atoms with Crippen LogP contribution in [0.5, 0.6) is 0 Å². The number of ether oxygens (including phenoxy) is 1. The van der Waals surface area contributed by atoms with Crippen molar-refractivity contribution in [3.8, 4) is 0 Å². The summed E-state index contributed by atoms with van der Waals surface area (Å²) in [5, 5.41) is 0. The zero-order chi connectivity index (χ0) is 12.3. The first-order valence-electron chi connectivity index (χ1n) is 5.94. The molecule has 0 aromatic carbocycles. The van der Waals surface area contributed by atoms with E-state index < -0.39 is 5.97 Å². The van der Waals surface area contributed by atoms with Crippen molar-refractivity contribution in [2.24, 2.45) is 5.92 Å². The van der Waals surface area contributed by atoms with Crippen LogP contribution in [0.1, 0.15) is 53.2 Å². The molecule has 17 heavy (non-hydrogen) atoms. The Morgan fingerprint density at radius 1 is 1.18 bits per heavy atom. The van der Waals surface area contributed by atoms with Gasteiger partial charge in [0, 0.05) is 5.92 Å². The number of hydrogen-bond donors (Lipinski definition) is 0. The summed E-state index contributed by atoms with van der Waals surface area (Å²) in [6.07, 6.45) is 5.25. The predicted octanol–water partition coefficient (Wildman–Crippen LogP) is 2.83. The van der Waals surface area contributed by atoms with Gasteiger partial charge in [0.2, 0.25) is 11.5 Å². The molecular weight excluding hydrogens is 220 g/mol. The summed E-state index contributed by atoms with van der Waals surface area (Å²) in [6, 6.07) is 3.05. The monoisotopic (exact) mass is 236 g/mol. The Morgan fingerprint density at radius 2 is 1.82 bits per heavy atom. The minimum absolute atomic E-state index is 0.0138. The quantitative estimate of drug-likeness (QED) is 0.598. The van der Waals surface area contributed by atoms with Gasteiger partial charge in [0.05, 0.1) is 7.11 Å². The zero-order valence-electron chi connectivity index (χ0n) is 9.90. The van der Waals surface area contributed by atoms with Crippen LogP contribution in [0.4, 0.5) is 0 Å². The van der Waals surface area contributed by atoms with Crippen LogP contribution in [-0.2, 0) is 4.74 Å². The zero-order valence-corrected chi connectivity index (χ0v) is 9.90. The van der Waals surface area contributed by atoms with Crippen molar-refractivity contribution in [1.82, 2.24) is 0 Å². The fourth-order valence-electron chi connectivity index (χ4n) is 2.25. The van der Waals surface area contributed by atoms with Crippen LogP contribution >= 0.6 is 0 Å². The molecule has 4 heteroatoms. The number of furan rings is 1. The minimum atomic E-state index is -0.548. The van der Waals surface area contributed by atoms with Gasteiger partial charge in [-0.3, -0.25) is 4.79 Å². The molecule has 1 aliphatic rings. The highest BCUT2D eigenvalue weighted by molar-refractivity contribution is 5.96. The fraction of sp³-hybridized carbons (Fsp3) is 0.538. The molecule has 0 spiro atoms. The lowest BCUT2D eigenvalue weighted by atomic mass is 9.85. The summed E-state index contributed by atoms with van der Waals surface area (Å²) in [5.74, 6) is -0.114. The molecule has 0 aliphatic heterocycles. The Labute approximate surface area is 99.9 Å². The van der Waals surface area contributed by atoms with E-state index in [0.29, 0.717) is 0 Å². The van der Waals surface area contributed by atoms with Crippen LogP contribution in [0.25, 0.3) is 0 Å². The molecule has 4 nitrogen and oxygen atoms in total. The maximum Gasteiger partial charge on any atom is 0.373 e. The van der Waals surface area contributed by atoms with Crippen molar-refractivity contribution < 1.29 is 18.7 Å². The van der Waals surface area contributed by atoms with Crippen LogP contribution in [0, 0.1) is 5.92 Å². The lowest BCUT2D eigenvalue weighted by molar-refractivity contribution is 0.0562. The van der Waals surface area contributed by atoms with E-state index in [-0.39, 0.29) is 23.2 Å². The predicted molar refractivity (Wildman–Crippen MR) is 61.0 cm³/mol. The lowest BCUT2D eigenvalue weighted by Gasteiger charge is -2.18. The van der Waals surface area contributed by atoms with Crippen molar-refractivity contribution in [3.63, 3.8) is 0 Å². The third-order valence-corrected chi connectivity index (χ3v) is 3.21. The van der Waals surface area contributed by atoms with Crippen molar-refractivity contribution >= 4 is 11.8 Å². The lowest BCUT2D eigenvalue weighted by Crippen LogP contribution is -2.17. The second kappa shape index (κ2) is 5.17. The highest BCUT2D eigenvalue weighted by Gasteiger charge is 2.25. The molecule has 2 rings (SSSR count). The number of esters is 1. The van der Waals surface area contributed by atoms with E-state index in [0.717, 1.165) is 25.7 Å². The van der Waals surface area contributed by atoms with E-state index in [1.165, 1.54) is 19.6 Å². The standard InChI is InChI=1S/C13H16O4/c1-16-13(15)11-8-7-10(17-11)12(14)9-5-3-2-4-6-9/h7-9H,2-6H2,1H3. The molecule has 1 aliphatic carbocycles. The van der Waals surface area contributed by atoms with Crippen LogP contribution in [0.3, 0.4) is 0 Å². The first kappa shape index (κ1) is 11.9. The highest BCUT2D eigenvalue weighted by Crippen LogP contribution is 2.27. The van der Waals surface area contributed by atoms with Crippen molar-refractivity contribution in [2.75, 3.05) is 7.11 Å². The SMILES string of the molecule is COC(=O)c1ccc(C(=O)C2CCCCC2)o1. The molecule has 1 heterocycles. The summed E-state index contributed by atoms with van der Waals surface area (Å²) in [7, 11) is 1.29. The van der Waals surface area contributed by atoms with Gasteiger partial charge in [-0.15, -0.1) is 0 Å². The summed E-state index contributed by atoms with van der Waals surface area (Å²) in [6.45, 7) is 0. The van der Waals surface area contributed by atoms with Gasteiger partial charge in [-0.2, -0.15) is 0 Å². The Bertz CT molecular complexity index is 413. The molecule has 0 unspecified atom stereocenters. The van der Waals surface area contributed by atoms with Crippen molar-refractivity contribution in [1.29, 1.82) is 0 Å². The van der Waals surface area contributed by atoms with Crippen LogP contribution in [-0.4, -0.2) is 18.9 Å². The molecule has 92 valence electrons. The Kier molecular flexibility index (Phi) is 3.61. The third-order valence-electron chi connectivity index (χ3n) is 3.21. The average Bonchev–Trinajstić information content (AvgIpc) is 2.87. The molecule has 1 saturated carbocycles. The largest absolute Gasteiger partial charge is 0.463 e. The number of ketones is 1. The normalized spacial score (nSPS) is 16.8. The number of hydrogen-bond acceptors (Lipinski definition) is 4. The van der Waals surface area contributed by atoms with Crippen molar-refractivity contribution in [3.05, 3.63) is 23.7 Å². The van der Waals surface area contributed by atoms with Crippen LogP contribution < -0.4 is 0 Å². The molecule has 0 saturated heterocycles. The van der Waals surface area contributed by atoms with Gasteiger partial charge >= 0.3 is 5.97 Å². The molecular formula is C13H16O4. The molecule has 1 aromatic rings. The van der Waals surface area contributed by atoms with Crippen molar-refractivity contribution in [2.45, 2.75) is 32.1 Å². The topological polar surface area (TPSA) is 56.5 Å². The smallest absolute Gasteiger partial charge is 0.373 e.